The second-order valence-corrected chi connectivity index (χ2v) is 6.85. The Kier molecular flexibility index (Phi) is 4.31. The van der Waals surface area contributed by atoms with Crippen LogP contribution in [0.1, 0.15) is 27.8 Å². The minimum Gasteiger partial charge on any atom is -0.166 e. The van der Waals surface area contributed by atoms with Gasteiger partial charge in [-0.25, -0.2) is 0 Å². The summed E-state index contributed by atoms with van der Waals surface area (Å²) in [5.74, 6) is 0. The van der Waals surface area contributed by atoms with Crippen molar-refractivity contribution in [2.75, 3.05) is 0 Å². The first-order valence-electron chi connectivity index (χ1n) is 8.87. The fourth-order valence-corrected chi connectivity index (χ4v) is 3.73. The summed E-state index contributed by atoms with van der Waals surface area (Å²) in [5.41, 5.74) is 6.65. The van der Waals surface area contributed by atoms with Crippen molar-refractivity contribution in [3.63, 3.8) is 0 Å². The summed E-state index contributed by atoms with van der Waals surface area (Å²) < 4.78 is 38.5. The molecule has 0 fully saturated rings. The number of halogens is 3. The molecule has 3 aromatic carbocycles. The fourth-order valence-electron chi connectivity index (χ4n) is 3.73. The van der Waals surface area contributed by atoms with Crippen molar-refractivity contribution in [1.29, 1.82) is 0 Å². The van der Waals surface area contributed by atoms with E-state index in [0.717, 1.165) is 30.9 Å². The first kappa shape index (κ1) is 16.9. The van der Waals surface area contributed by atoms with E-state index in [9.17, 15) is 13.2 Å². The summed E-state index contributed by atoms with van der Waals surface area (Å²) in [6.45, 7) is 0. The van der Waals surface area contributed by atoms with Crippen LogP contribution in [-0.4, -0.2) is 0 Å². The maximum absolute atomic E-state index is 12.8. The molecule has 0 N–H and O–H groups in total. The highest BCUT2D eigenvalue weighted by molar-refractivity contribution is 5.73. The van der Waals surface area contributed by atoms with Gasteiger partial charge < -0.3 is 0 Å². The van der Waals surface area contributed by atoms with Crippen molar-refractivity contribution >= 4 is 0 Å². The van der Waals surface area contributed by atoms with Gasteiger partial charge in [-0.05, 0) is 65.1 Å². The van der Waals surface area contributed by atoms with E-state index < -0.39 is 11.7 Å². The molecule has 3 aromatic rings. The van der Waals surface area contributed by atoms with Gasteiger partial charge in [0, 0.05) is 0 Å². The van der Waals surface area contributed by atoms with Crippen molar-refractivity contribution < 1.29 is 13.2 Å². The fraction of sp³-hybridized carbons (Fsp3) is 0.217. The van der Waals surface area contributed by atoms with Gasteiger partial charge in [0.25, 0.3) is 0 Å². The molecule has 132 valence electrons. The molecule has 0 atom stereocenters. The van der Waals surface area contributed by atoms with Crippen LogP contribution in [0.5, 0.6) is 0 Å². The van der Waals surface area contributed by atoms with E-state index in [4.69, 9.17) is 0 Å². The van der Waals surface area contributed by atoms with Crippen molar-refractivity contribution in [1.82, 2.24) is 0 Å². The van der Waals surface area contributed by atoms with Gasteiger partial charge in [-0.3, -0.25) is 0 Å². The second kappa shape index (κ2) is 6.64. The molecule has 0 unspecified atom stereocenters. The van der Waals surface area contributed by atoms with E-state index in [1.165, 1.54) is 39.9 Å². The predicted molar refractivity (Wildman–Crippen MR) is 98.1 cm³/mol. The summed E-state index contributed by atoms with van der Waals surface area (Å²) in [7, 11) is 0. The Morgan fingerprint density at radius 2 is 1.35 bits per heavy atom. The van der Waals surface area contributed by atoms with E-state index in [2.05, 4.69) is 42.5 Å². The average Bonchev–Trinajstić information content (AvgIpc) is 2.65. The number of hydrogen-bond donors (Lipinski definition) is 0. The van der Waals surface area contributed by atoms with E-state index in [1.54, 1.807) is 6.07 Å². The maximum atomic E-state index is 12.8. The minimum atomic E-state index is -4.28. The lowest BCUT2D eigenvalue weighted by atomic mass is 9.84. The first-order chi connectivity index (χ1) is 12.5. The van der Waals surface area contributed by atoms with Gasteiger partial charge in [0.15, 0.2) is 0 Å². The topological polar surface area (TPSA) is 0 Å². The number of alkyl halides is 3. The van der Waals surface area contributed by atoms with Gasteiger partial charge in [-0.1, -0.05) is 60.7 Å². The predicted octanol–water partition coefficient (Wildman–Crippen LogP) is 6.26. The third kappa shape index (κ3) is 3.39. The molecule has 0 heterocycles. The Balaban J connectivity index is 1.53. The monoisotopic (exact) mass is 352 g/mol. The number of benzene rings is 3. The van der Waals surface area contributed by atoms with Gasteiger partial charge in [0.05, 0.1) is 5.56 Å². The molecule has 0 nitrogen and oxygen atoms in total. The minimum absolute atomic E-state index is 0.572. The lowest BCUT2D eigenvalue weighted by molar-refractivity contribution is -0.137. The lowest BCUT2D eigenvalue weighted by Gasteiger charge is -2.20. The summed E-state index contributed by atoms with van der Waals surface area (Å²) in [6.07, 6.45) is -0.866. The van der Waals surface area contributed by atoms with Crippen LogP contribution in [-0.2, 0) is 31.9 Å². The zero-order chi connectivity index (χ0) is 18.1. The zero-order valence-corrected chi connectivity index (χ0v) is 14.3. The number of fused-ring (bicyclic) bond motifs is 3. The lowest BCUT2D eigenvalue weighted by Crippen LogP contribution is -2.06. The number of hydrogen-bond acceptors (Lipinski definition) is 0. The summed E-state index contributed by atoms with van der Waals surface area (Å²) in [4.78, 5) is 0. The highest BCUT2D eigenvalue weighted by Crippen LogP contribution is 2.34. The molecule has 0 radical (unpaired) electrons. The molecule has 1 aliphatic carbocycles. The van der Waals surface area contributed by atoms with Crippen LogP contribution < -0.4 is 0 Å². The Labute approximate surface area is 151 Å². The van der Waals surface area contributed by atoms with Crippen LogP contribution in [0.15, 0.2) is 66.7 Å². The number of rotatable bonds is 3. The molecular weight excluding hydrogens is 333 g/mol. The molecule has 0 aromatic heterocycles. The summed E-state index contributed by atoms with van der Waals surface area (Å²) >= 11 is 0. The molecule has 1 aliphatic rings. The van der Waals surface area contributed by atoms with Crippen molar-refractivity contribution in [2.45, 2.75) is 31.9 Å². The first-order valence-corrected chi connectivity index (χ1v) is 8.87. The van der Waals surface area contributed by atoms with Crippen LogP contribution in [0.2, 0.25) is 0 Å². The largest absolute Gasteiger partial charge is 0.416 e. The van der Waals surface area contributed by atoms with Gasteiger partial charge in [-0.15, -0.1) is 0 Å². The molecule has 0 bridgehead atoms. The number of aryl methyl sites for hydroxylation is 4. The third-order valence-electron chi connectivity index (χ3n) is 5.10. The average molecular weight is 352 g/mol. The molecule has 0 aliphatic heterocycles. The van der Waals surface area contributed by atoms with Crippen molar-refractivity contribution in [3.8, 4) is 11.1 Å². The molecule has 4 rings (SSSR count). The molecule has 3 heteroatoms. The van der Waals surface area contributed by atoms with Gasteiger partial charge in [-0.2, -0.15) is 13.2 Å². The molecular formula is C23H19F3. The molecule has 0 spiro atoms. The Bertz CT molecular complexity index is 938. The van der Waals surface area contributed by atoms with Crippen LogP contribution >= 0.6 is 0 Å². The summed E-state index contributed by atoms with van der Waals surface area (Å²) in [5, 5.41) is 0. The van der Waals surface area contributed by atoms with Crippen LogP contribution in [0.3, 0.4) is 0 Å². The van der Waals surface area contributed by atoms with Crippen LogP contribution in [0, 0.1) is 0 Å². The quantitative estimate of drug-likeness (QED) is 0.522. The molecule has 26 heavy (non-hydrogen) atoms. The summed E-state index contributed by atoms with van der Waals surface area (Å²) in [6, 6.07) is 20.6. The SMILES string of the molecule is FC(F)(F)c1cccc(CCc2ccc3c(c2)CCc2ccccc2-3)c1. The normalized spacial score (nSPS) is 13.2. The highest BCUT2D eigenvalue weighted by Gasteiger charge is 2.30. The van der Waals surface area contributed by atoms with Gasteiger partial charge in [0.1, 0.15) is 0 Å². The molecule has 0 amide bonds. The van der Waals surface area contributed by atoms with Crippen molar-refractivity contribution in [2.24, 2.45) is 0 Å². The van der Waals surface area contributed by atoms with Crippen LogP contribution in [0.25, 0.3) is 11.1 Å². The van der Waals surface area contributed by atoms with Gasteiger partial charge >= 0.3 is 6.18 Å². The van der Waals surface area contributed by atoms with Gasteiger partial charge in [0.2, 0.25) is 0 Å². The Morgan fingerprint density at radius 3 is 2.15 bits per heavy atom. The van der Waals surface area contributed by atoms with E-state index in [-0.39, 0.29) is 0 Å². The Hall–Kier alpha value is -2.55. The molecule has 0 saturated carbocycles. The van der Waals surface area contributed by atoms with E-state index in [0.29, 0.717) is 6.42 Å². The second-order valence-electron chi connectivity index (χ2n) is 6.85. The van der Waals surface area contributed by atoms with Crippen LogP contribution in [0.4, 0.5) is 13.2 Å². The van der Waals surface area contributed by atoms with E-state index >= 15 is 0 Å². The standard InChI is InChI=1S/C23H19F3/c24-23(25,26)20-6-3-4-16(15-20)8-9-17-10-13-22-19(14-17)12-11-18-5-1-2-7-21(18)22/h1-7,10,13-15H,8-9,11-12H2. The smallest absolute Gasteiger partial charge is 0.166 e. The maximum Gasteiger partial charge on any atom is 0.416 e. The zero-order valence-electron chi connectivity index (χ0n) is 14.3. The molecule has 0 saturated heterocycles. The Morgan fingerprint density at radius 1 is 0.654 bits per heavy atom. The van der Waals surface area contributed by atoms with Crippen molar-refractivity contribution in [3.05, 3.63) is 94.5 Å². The highest BCUT2D eigenvalue weighted by atomic mass is 19.4. The third-order valence-corrected chi connectivity index (χ3v) is 5.10. The van der Waals surface area contributed by atoms with E-state index in [1.807, 2.05) is 0 Å².